The minimum atomic E-state index is -0.234. The molecule has 2 N–H and O–H groups in total. The molecular weight excluding hydrogens is 368 g/mol. The summed E-state index contributed by atoms with van der Waals surface area (Å²) in [6.07, 6.45) is 3.97. The van der Waals surface area contributed by atoms with Crippen molar-refractivity contribution in [1.29, 1.82) is 0 Å². The third-order valence-electron chi connectivity index (χ3n) is 4.50. The fourth-order valence-corrected chi connectivity index (χ4v) is 2.66. The number of ether oxygens (including phenoxy) is 1. The van der Waals surface area contributed by atoms with Crippen LogP contribution in [-0.2, 0) is 18.4 Å². The molecule has 150 valence electrons. The van der Waals surface area contributed by atoms with Gasteiger partial charge in [0.2, 0.25) is 5.91 Å². The lowest BCUT2D eigenvalue weighted by Gasteiger charge is -2.12. The third kappa shape index (κ3) is 5.22. The summed E-state index contributed by atoms with van der Waals surface area (Å²) >= 11 is 0. The van der Waals surface area contributed by atoms with Crippen molar-refractivity contribution in [1.82, 2.24) is 9.55 Å². The minimum absolute atomic E-state index is 0.0766. The SMILES string of the molecule is CCC(=O)Nc1ccc(C)c(NC(=O)c2ccc(OCc3nccn3C)cc2)c1. The van der Waals surface area contributed by atoms with Gasteiger partial charge in [-0.1, -0.05) is 13.0 Å². The van der Waals surface area contributed by atoms with E-state index in [1.165, 1.54) is 0 Å². The second-order valence-corrected chi connectivity index (χ2v) is 6.65. The van der Waals surface area contributed by atoms with Crippen LogP contribution in [0.3, 0.4) is 0 Å². The first-order chi connectivity index (χ1) is 14.0. The molecule has 0 aliphatic carbocycles. The number of imidazole rings is 1. The molecule has 0 bridgehead atoms. The van der Waals surface area contributed by atoms with Crippen LogP contribution in [0.15, 0.2) is 54.9 Å². The second kappa shape index (κ2) is 9.05. The molecule has 7 nitrogen and oxygen atoms in total. The Morgan fingerprint density at radius 3 is 2.52 bits per heavy atom. The first kappa shape index (κ1) is 20.1. The van der Waals surface area contributed by atoms with Crippen LogP contribution in [0.1, 0.15) is 35.1 Å². The molecule has 2 amide bonds. The van der Waals surface area contributed by atoms with Crippen LogP contribution in [-0.4, -0.2) is 21.4 Å². The van der Waals surface area contributed by atoms with Crippen LogP contribution in [0.4, 0.5) is 11.4 Å². The quantitative estimate of drug-likeness (QED) is 0.638. The molecule has 7 heteroatoms. The molecule has 0 aliphatic rings. The van der Waals surface area contributed by atoms with Gasteiger partial charge in [0.1, 0.15) is 18.2 Å². The highest BCUT2D eigenvalue weighted by molar-refractivity contribution is 6.05. The summed E-state index contributed by atoms with van der Waals surface area (Å²) in [7, 11) is 1.91. The predicted molar refractivity (Wildman–Crippen MR) is 112 cm³/mol. The molecule has 1 aromatic heterocycles. The number of hydrogen-bond acceptors (Lipinski definition) is 4. The topological polar surface area (TPSA) is 85.2 Å². The molecule has 0 aliphatic heterocycles. The second-order valence-electron chi connectivity index (χ2n) is 6.65. The molecule has 3 aromatic rings. The Balaban J connectivity index is 1.64. The molecule has 0 fully saturated rings. The number of aromatic nitrogens is 2. The van der Waals surface area contributed by atoms with E-state index in [0.29, 0.717) is 35.7 Å². The van der Waals surface area contributed by atoms with Crippen molar-refractivity contribution in [3.05, 3.63) is 71.8 Å². The van der Waals surface area contributed by atoms with Gasteiger partial charge in [-0.15, -0.1) is 0 Å². The van der Waals surface area contributed by atoms with Crippen molar-refractivity contribution in [3.8, 4) is 5.75 Å². The largest absolute Gasteiger partial charge is 0.486 e. The zero-order valence-corrected chi connectivity index (χ0v) is 16.7. The molecule has 3 rings (SSSR count). The monoisotopic (exact) mass is 392 g/mol. The molecule has 0 saturated heterocycles. The van der Waals surface area contributed by atoms with E-state index in [1.54, 1.807) is 43.5 Å². The van der Waals surface area contributed by atoms with Crippen molar-refractivity contribution in [2.75, 3.05) is 10.6 Å². The van der Waals surface area contributed by atoms with Gasteiger partial charge in [-0.25, -0.2) is 4.98 Å². The van der Waals surface area contributed by atoms with Gasteiger partial charge >= 0.3 is 0 Å². The molecule has 0 unspecified atom stereocenters. The first-order valence-electron chi connectivity index (χ1n) is 9.37. The molecule has 1 heterocycles. The van der Waals surface area contributed by atoms with Crippen molar-refractivity contribution < 1.29 is 14.3 Å². The number of amides is 2. The number of carbonyl (C=O) groups excluding carboxylic acids is 2. The van der Waals surface area contributed by atoms with E-state index >= 15 is 0 Å². The summed E-state index contributed by atoms with van der Waals surface area (Å²) in [5, 5.41) is 5.69. The van der Waals surface area contributed by atoms with Crippen LogP contribution in [0, 0.1) is 6.92 Å². The van der Waals surface area contributed by atoms with E-state index < -0.39 is 0 Å². The van der Waals surface area contributed by atoms with Crippen LogP contribution < -0.4 is 15.4 Å². The number of aryl methyl sites for hydroxylation is 2. The summed E-state index contributed by atoms with van der Waals surface area (Å²) < 4.78 is 7.60. The van der Waals surface area contributed by atoms with Crippen molar-refractivity contribution in [2.24, 2.45) is 7.05 Å². The van der Waals surface area contributed by atoms with Crippen LogP contribution in [0.5, 0.6) is 5.75 Å². The summed E-state index contributed by atoms with van der Waals surface area (Å²) in [6, 6.07) is 12.3. The number of hydrogen-bond donors (Lipinski definition) is 2. The lowest BCUT2D eigenvalue weighted by molar-refractivity contribution is -0.115. The van der Waals surface area contributed by atoms with E-state index in [2.05, 4.69) is 15.6 Å². The van der Waals surface area contributed by atoms with E-state index in [-0.39, 0.29) is 11.8 Å². The Hall–Kier alpha value is -3.61. The van der Waals surface area contributed by atoms with Crippen LogP contribution in [0.25, 0.3) is 0 Å². The highest BCUT2D eigenvalue weighted by Gasteiger charge is 2.10. The Labute approximate surface area is 169 Å². The average molecular weight is 392 g/mol. The van der Waals surface area contributed by atoms with E-state index in [0.717, 1.165) is 11.4 Å². The number of nitrogens with zero attached hydrogens (tertiary/aromatic N) is 2. The van der Waals surface area contributed by atoms with Crippen LogP contribution in [0.2, 0.25) is 0 Å². The van der Waals surface area contributed by atoms with Gasteiger partial charge in [0.05, 0.1) is 0 Å². The van der Waals surface area contributed by atoms with Gasteiger partial charge in [0.25, 0.3) is 5.91 Å². The maximum atomic E-state index is 12.6. The molecule has 2 aromatic carbocycles. The van der Waals surface area contributed by atoms with Crippen molar-refractivity contribution in [2.45, 2.75) is 26.9 Å². The summed E-state index contributed by atoms with van der Waals surface area (Å²) in [6.45, 7) is 4.04. The standard InChI is InChI=1S/C22H24N4O3/c1-4-21(27)24-17-8-5-15(2)19(13-17)25-22(28)16-6-9-18(10-7-16)29-14-20-23-11-12-26(20)3/h5-13H,4,14H2,1-3H3,(H,24,27)(H,25,28). The lowest BCUT2D eigenvalue weighted by Crippen LogP contribution is -2.14. The van der Waals surface area contributed by atoms with Gasteiger partial charge in [0, 0.05) is 42.8 Å². The number of carbonyl (C=O) groups is 2. The normalized spacial score (nSPS) is 10.4. The summed E-state index contributed by atoms with van der Waals surface area (Å²) in [4.78, 5) is 28.4. The Kier molecular flexibility index (Phi) is 6.29. The Bertz CT molecular complexity index is 1010. The van der Waals surface area contributed by atoms with Gasteiger partial charge in [-0.05, 0) is 48.9 Å². The zero-order valence-electron chi connectivity index (χ0n) is 16.7. The number of rotatable bonds is 7. The molecule has 0 saturated carbocycles. The maximum absolute atomic E-state index is 12.6. The molecule has 29 heavy (non-hydrogen) atoms. The highest BCUT2D eigenvalue weighted by atomic mass is 16.5. The summed E-state index contributed by atoms with van der Waals surface area (Å²) in [5.74, 6) is 1.16. The van der Waals surface area contributed by atoms with Crippen molar-refractivity contribution >= 4 is 23.2 Å². The van der Waals surface area contributed by atoms with E-state index in [1.807, 2.05) is 36.9 Å². The highest BCUT2D eigenvalue weighted by Crippen LogP contribution is 2.22. The predicted octanol–water partition coefficient (Wildman–Crippen LogP) is 3.91. The number of benzene rings is 2. The van der Waals surface area contributed by atoms with Gasteiger partial charge < -0.3 is 19.9 Å². The Morgan fingerprint density at radius 2 is 1.86 bits per heavy atom. The number of anilines is 2. The molecule has 0 radical (unpaired) electrons. The molecular formula is C22H24N4O3. The molecule has 0 spiro atoms. The van der Waals surface area contributed by atoms with Gasteiger partial charge in [-0.2, -0.15) is 0 Å². The lowest BCUT2D eigenvalue weighted by atomic mass is 10.1. The van der Waals surface area contributed by atoms with Crippen LogP contribution >= 0.6 is 0 Å². The van der Waals surface area contributed by atoms with E-state index in [4.69, 9.17) is 4.74 Å². The number of nitrogens with one attached hydrogen (secondary N) is 2. The Morgan fingerprint density at radius 1 is 1.10 bits per heavy atom. The minimum Gasteiger partial charge on any atom is -0.486 e. The zero-order chi connectivity index (χ0) is 20.8. The van der Waals surface area contributed by atoms with Gasteiger partial charge in [-0.3, -0.25) is 9.59 Å². The first-order valence-corrected chi connectivity index (χ1v) is 9.37. The van der Waals surface area contributed by atoms with Gasteiger partial charge in [0.15, 0.2) is 0 Å². The third-order valence-corrected chi connectivity index (χ3v) is 4.50. The van der Waals surface area contributed by atoms with E-state index in [9.17, 15) is 9.59 Å². The average Bonchev–Trinajstić information content (AvgIpc) is 3.14. The summed E-state index contributed by atoms with van der Waals surface area (Å²) in [5.41, 5.74) is 2.72. The fourth-order valence-electron chi connectivity index (χ4n) is 2.66. The maximum Gasteiger partial charge on any atom is 0.255 e. The molecule has 0 atom stereocenters. The fraction of sp³-hybridized carbons (Fsp3) is 0.227. The van der Waals surface area contributed by atoms with Crippen molar-refractivity contribution in [3.63, 3.8) is 0 Å². The smallest absolute Gasteiger partial charge is 0.255 e.